The standard InChI is InChI=1S/C24H27N5O2/c1-28(15-17-7-8-19-13-20(31-2)10-9-18(19)12-17)16-22(30)21(14-25)24-27-26-23-6-4-3-5-11-29(23)24/h7-10,12-13,30H,3-6,11,15-16H2,1-2H3/b22-21-. The number of aryl methyl sites for hydroxylation is 1. The van der Waals surface area contributed by atoms with Crippen LogP contribution in [0.3, 0.4) is 0 Å². The van der Waals surface area contributed by atoms with E-state index in [1.54, 1.807) is 7.11 Å². The summed E-state index contributed by atoms with van der Waals surface area (Å²) in [5, 5.41) is 31.2. The average Bonchev–Trinajstić information content (AvgIpc) is 3.01. The van der Waals surface area contributed by atoms with Crippen molar-refractivity contribution >= 4 is 16.3 Å². The van der Waals surface area contributed by atoms with Crippen molar-refractivity contribution in [2.45, 2.75) is 38.8 Å². The van der Waals surface area contributed by atoms with Crippen LogP contribution in [0.15, 0.2) is 42.2 Å². The highest BCUT2D eigenvalue weighted by molar-refractivity contribution is 5.84. The predicted molar refractivity (Wildman–Crippen MR) is 120 cm³/mol. The Morgan fingerprint density at radius 3 is 2.77 bits per heavy atom. The maximum atomic E-state index is 10.8. The van der Waals surface area contributed by atoms with Crippen LogP contribution in [0, 0.1) is 11.3 Å². The molecule has 3 aromatic rings. The van der Waals surface area contributed by atoms with E-state index in [1.807, 2.05) is 34.7 Å². The number of nitrogens with zero attached hydrogens (tertiary/aromatic N) is 5. The van der Waals surface area contributed by atoms with Crippen molar-refractivity contribution in [2.75, 3.05) is 20.7 Å². The number of nitriles is 1. The number of rotatable bonds is 6. The average molecular weight is 418 g/mol. The molecule has 7 nitrogen and oxygen atoms in total. The summed E-state index contributed by atoms with van der Waals surface area (Å²) in [6, 6.07) is 14.4. The minimum Gasteiger partial charge on any atom is -0.509 e. The number of aliphatic hydroxyl groups excluding tert-OH is 1. The molecule has 1 aliphatic rings. The van der Waals surface area contributed by atoms with Crippen molar-refractivity contribution < 1.29 is 9.84 Å². The first-order chi connectivity index (χ1) is 15.1. The van der Waals surface area contributed by atoms with Gasteiger partial charge in [0.05, 0.1) is 13.7 Å². The molecule has 160 valence electrons. The van der Waals surface area contributed by atoms with Crippen LogP contribution < -0.4 is 4.74 Å². The lowest BCUT2D eigenvalue weighted by molar-refractivity contribution is 0.285. The summed E-state index contributed by atoms with van der Waals surface area (Å²) < 4.78 is 7.27. The van der Waals surface area contributed by atoms with Gasteiger partial charge in [0.1, 0.15) is 29.0 Å². The molecule has 0 spiro atoms. The molecule has 4 rings (SSSR count). The number of hydrogen-bond donors (Lipinski definition) is 1. The van der Waals surface area contributed by atoms with E-state index in [2.05, 4.69) is 34.5 Å². The van der Waals surface area contributed by atoms with Crippen LogP contribution in [0.2, 0.25) is 0 Å². The molecule has 2 aromatic carbocycles. The van der Waals surface area contributed by atoms with Crippen molar-refractivity contribution in [1.82, 2.24) is 19.7 Å². The molecule has 0 bridgehead atoms. The topological polar surface area (TPSA) is 87.2 Å². The van der Waals surface area contributed by atoms with Crippen LogP contribution in [0.25, 0.3) is 16.3 Å². The van der Waals surface area contributed by atoms with E-state index in [4.69, 9.17) is 4.74 Å². The van der Waals surface area contributed by atoms with E-state index in [9.17, 15) is 10.4 Å². The fourth-order valence-corrected chi connectivity index (χ4v) is 4.11. The van der Waals surface area contributed by atoms with Gasteiger partial charge < -0.3 is 14.4 Å². The quantitative estimate of drug-likeness (QED) is 0.480. The van der Waals surface area contributed by atoms with Gasteiger partial charge in [-0.05, 0) is 54.4 Å². The summed E-state index contributed by atoms with van der Waals surface area (Å²) in [5.41, 5.74) is 1.33. The van der Waals surface area contributed by atoms with Crippen molar-refractivity contribution in [3.8, 4) is 11.8 Å². The number of aromatic nitrogens is 3. The highest BCUT2D eigenvalue weighted by Gasteiger charge is 2.21. The molecular weight excluding hydrogens is 390 g/mol. The number of allylic oxidation sites excluding steroid dienone is 1. The Kier molecular flexibility index (Phi) is 6.19. The Labute approximate surface area is 182 Å². The molecule has 0 atom stereocenters. The molecule has 1 aliphatic heterocycles. The Morgan fingerprint density at radius 1 is 1.16 bits per heavy atom. The van der Waals surface area contributed by atoms with Gasteiger partial charge in [0, 0.05) is 19.5 Å². The van der Waals surface area contributed by atoms with Crippen molar-refractivity contribution in [3.05, 3.63) is 59.4 Å². The van der Waals surface area contributed by atoms with Crippen LogP contribution in [-0.4, -0.2) is 45.5 Å². The second-order valence-electron chi connectivity index (χ2n) is 8.06. The lowest BCUT2D eigenvalue weighted by Crippen LogP contribution is -2.21. The lowest BCUT2D eigenvalue weighted by atomic mass is 10.1. The smallest absolute Gasteiger partial charge is 0.178 e. The van der Waals surface area contributed by atoms with E-state index in [0.717, 1.165) is 60.1 Å². The summed E-state index contributed by atoms with van der Waals surface area (Å²) in [5.74, 6) is 2.23. The molecule has 0 fully saturated rings. The monoisotopic (exact) mass is 417 g/mol. The van der Waals surface area contributed by atoms with Gasteiger partial charge in [-0.1, -0.05) is 24.6 Å². The lowest BCUT2D eigenvalue weighted by Gasteiger charge is -2.17. The first-order valence-electron chi connectivity index (χ1n) is 10.6. The Morgan fingerprint density at radius 2 is 1.97 bits per heavy atom. The van der Waals surface area contributed by atoms with Gasteiger partial charge in [-0.3, -0.25) is 4.90 Å². The molecule has 0 radical (unpaired) electrons. The SMILES string of the molecule is COc1ccc2cc(CN(C)C/C(O)=C(\C#N)c3nnc4n3CCCCC4)ccc2c1. The molecule has 0 saturated carbocycles. The van der Waals surface area contributed by atoms with Crippen LogP contribution in [0.5, 0.6) is 5.75 Å². The summed E-state index contributed by atoms with van der Waals surface area (Å²) in [4.78, 5) is 1.98. The number of benzene rings is 2. The maximum Gasteiger partial charge on any atom is 0.178 e. The van der Waals surface area contributed by atoms with E-state index in [-0.39, 0.29) is 17.9 Å². The molecule has 0 saturated heterocycles. The zero-order valence-electron chi connectivity index (χ0n) is 18.0. The molecule has 1 aromatic heterocycles. The first kappa shape index (κ1) is 20.9. The van der Waals surface area contributed by atoms with Gasteiger partial charge >= 0.3 is 0 Å². The van der Waals surface area contributed by atoms with Crippen molar-refractivity contribution in [3.63, 3.8) is 0 Å². The normalized spacial score (nSPS) is 14.6. The molecule has 1 N–H and O–H groups in total. The van der Waals surface area contributed by atoms with Gasteiger partial charge in [-0.25, -0.2) is 0 Å². The van der Waals surface area contributed by atoms with Crippen LogP contribution in [-0.2, 0) is 19.5 Å². The molecule has 31 heavy (non-hydrogen) atoms. The number of fused-ring (bicyclic) bond motifs is 2. The van der Waals surface area contributed by atoms with Gasteiger partial charge in [0.25, 0.3) is 0 Å². The van der Waals surface area contributed by atoms with Crippen LogP contribution >= 0.6 is 0 Å². The third-order valence-electron chi connectivity index (χ3n) is 5.72. The summed E-state index contributed by atoms with van der Waals surface area (Å²) in [6.45, 7) is 1.68. The Balaban J connectivity index is 1.51. The Hall–Kier alpha value is -3.37. The van der Waals surface area contributed by atoms with E-state index >= 15 is 0 Å². The number of aliphatic hydroxyl groups is 1. The molecule has 0 unspecified atom stereocenters. The van der Waals surface area contributed by atoms with Gasteiger partial charge in [0.15, 0.2) is 5.82 Å². The maximum absolute atomic E-state index is 10.8. The third kappa shape index (κ3) is 4.54. The zero-order valence-corrected chi connectivity index (χ0v) is 18.0. The Bertz CT molecular complexity index is 1160. The predicted octanol–water partition coefficient (Wildman–Crippen LogP) is 4.09. The number of methoxy groups -OCH3 is 1. The fraction of sp³-hybridized carbons (Fsp3) is 0.375. The molecule has 7 heteroatoms. The van der Waals surface area contributed by atoms with Crippen molar-refractivity contribution in [1.29, 1.82) is 5.26 Å². The summed E-state index contributed by atoms with van der Waals surface area (Å²) in [7, 11) is 3.59. The van der Waals surface area contributed by atoms with Gasteiger partial charge in [0.2, 0.25) is 0 Å². The van der Waals surface area contributed by atoms with E-state index < -0.39 is 0 Å². The first-order valence-corrected chi connectivity index (χ1v) is 10.6. The highest BCUT2D eigenvalue weighted by atomic mass is 16.5. The van der Waals surface area contributed by atoms with E-state index in [0.29, 0.717) is 12.4 Å². The van der Waals surface area contributed by atoms with E-state index in [1.165, 1.54) is 0 Å². The largest absolute Gasteiger partial charge is 0.509 e. The van der Waals surface area contributed by atoms with Gasteiger partial charge in [-0.15, -0.1) is 10.2 Å². The highest BCUT2D eigenvalue weighted by Crippen LogP contribution is 2.24. The zero-order chi connectivity index (χ0) is 21.8. The third-order valence-corrected chi connectivity index (χ3v) is 5.72. The fourth-order valence-electron chi connectivity index (χ4n) is 4.11. The van der Waals surface area contributed by atoms with Crippen molar-refractivity contribution in [2.24, 2.45) is 0 Å². The number of hydrogen-bond acceptors (Lipinski definition) is 6. The van der Waals surface area contributed by atoms with Crippen LogP contribution in [0.4, 0.5) is 0 Å². The number of ether oxygens (including phenoxy) is 1. The van der Waals surface area contributed by atoms with Gasteiger partial charge in [-0.2, -0.15) is 5.26 Å². The minimum absolute atomic E-state index is 0.0231. The summed E-state index contributed by atoms with van der Waals surface area (Å²) in [6.07, 6.45) is 4.12. The second-order valence-corrected chi connectivity index (χ2v) is 8.06. The summed E-state index contributed by atoms with van der Waals surface area (Å²) >= 11 is 0. The molecule has 0 amide bonds. The minimum atomic E-state index is 0.0231. The second kappa shape index (κ2) is 9.19. The number of likely N-dealkylation sites (N-methyl/N-ethyl adjacent to an activating group) is 1. The molecule has 0 aliphatic carbocycles. The van der Waals surface area contributed by atoms with Crippen LogP contribution in [0.1, 0.15) is 36.5 Å². The molecular formula is C24H27N5O2. The molecule has 2 heterocycles.